The van der Waals surface area contributed by atoms with E-state index in [1.54, 1.807) is 0 Å². The Morgan fingerprint density at radius 2 is 1.87 bits per heavy atom. The zero-order valence-corrected chi connectivity index (χ0v) is 16.7. The Labute approximate surface area is 170 Å². The second-order valence-corrected chi connectivity index (χ2v) is 8.97. The van der Waals surface area contributed by atoms with Gasteiger partial charge in [0.2, 0.25) is 0 Å². The first-order valence-electron chi connectivity index (χ1n) is 8.99. The minimum atomic E-state index is -4.45. The van der Waals surface area contributed by atoms with Crippen molar-refractivity contribution in [2.45, 2.75) is 30.0 Å². The van der Waals surface area contributed by atoms with E-state index < -0.39 is 32.2 Å². The van der Waals surface area contributed by atoms with E-state index in [0.717, 1.165) is 18.5 Å². The Kier molecular flexibility index (Phi) is 5.88. The number of alkyl halides is 3. The zero-order chi connectivity index (χ0) is 22.1. The van der Waals surface area contributed by atoms with Crippen LogP contribution in [0.25, 0.3) is 0 Å². The van der Waals surface area contributed by atoms with Crippen LogP contribution in [0.4, 0.5) is 30.4 Å². The molecule has 0 spiro atoms. The lowest BCUT2D eigenvalue weighted by atomic mass is 10.0. The quantitative estimate of drug-likeness (QED) is 0.556. The minimum absolute atomic E-state index is 0.119. The second-order valence-electron chi connectivity index (χ2n) is 6.99. The van der Waals surface area contributed by atoms with Gasteiger partial charge in [-0.1, -0.05) is 6.07 Å². The molecule has 12 heteroatoms. The van der Waals surface area contributed by atoms with Gasteiger partial charge in [-0.05, 0) is 37.1 Å². The largest absolute Gasteiger partial charge is 0.417 e. The third-order valence-electron chi connectivity index (χ3n) is 4.83. The normalized spacial score (nSPS) is 15.8. The van der Waals surface area contributed by atoms with Gasteiger partial charge in [-0.25, -0.2) is 13.4 Å². The summed E-state index contributed by atoms with van der Waals surface area (Å²) in [5.74, 6) is 0.423. The van der Waals surface area contributed by atoms with Gasteiger partial charge in [0.15, 0.2) is 9.84 Å². The van der Waals surface area contributed by atoms with Crippen molar-refractivity contribution >= 4 is 27.0 Å². The summed E-state index contributed by atoms with van der Waals surface area (Å²) in [6.45, 7) is 0.963. The van der Waals surface area contributed by atoms with Crippen molar-refractivity contribution in [2.75, 3.05) is 29.6 Å². The van der Waals surface area contributed by atoms with Crippen LogP contribution in [0.15, 0.2) is 41.4 Å². The average Bonchev–Trinajstić information content (AvgIpc) is 2.67. The van der Waals surface area contributed by atoms with Crippen LogP contribution in [0.3, 0.4) is 0 Å². The number of nitro groups is 1. The van der Waals surface area contributed by atoms with E-state index >= 15 is 0 Å². The number of hydrogen-bond acceptors (Lipinski definition) is 7. The van der Waals surface area contributed by atoms with E-state index in [2.05, 4.69) is 10.3 Å². The summed E-state index contributed by atoms with van der Waals surface area (Å²) < 4.78 is 61.7. The molecule has 0 unspecified atom stereocenters. The Hall–Kier alpha value is -2.89. The van der Waals surface area contributed by atoms with Gasteiger partial charge in [0.1, 0.15) is 16.4 Å². The molecule has 2 heterocycles. The van der Waals surface area contributed by atoms with Crippen molar-refractivity contribution < 1.29 is 26.5 Å². The van der Waals surface area contributed by atoms with E-state index in [4.69, 9.17) is 0 Å². The number of rotatable bonds is 5. The van der Waals surface area contributed by atoms with Crippen molar-refractivity contribution in [3.05, 3.63) is 52.2 Å². The van der Waals surface area contributed by atoms with Crippen LogP contribution in [0.2, 0.25) is 0 Å². The summed E-state index contributed by atoms with van der Waals surface area (Å²) in [5, 5.41) is 14.5. The Bertz CT molecular complexity index is 1030. The van der Waals surface area contributed by atoms with Crippen molar-refractivity contribution in [2.24, 2.45) is 0 Å². The second kappa shape index (κ2) is 8.09. The number of pyridine rings is 1. The monoisotopic (exact) mass is 444 g/mol. The number of hydrogen-bond donors (Lipinski definition) is 1. The fourth-order valence-corrected chi connectivity index (χ4v) is 4.20. The molecule has 1 aliphatic heterocycles. The number of sulfone groups is 1. The molecule has 0 aliphatic carbocycles. The van der Waals surface area contributed by atoms with Crippen LogP contribution in [0, 0.1) is 10.1 Å². The summed E-state index contributed by atoms with van der Waals surface area (Å²) in [5.41, 5.74) is -1.19. The number of nitrogens with zero attached hydrogens (tertiary/aromatic N) is 3. The fraction of sp³-hybridized carbons (Fsp3) is 0.389. The van der Waals surface area contributed by atoms with Gasteiger partial charge in [0.05, 0.1) is 10.5 Å². The lowest BCUT2D eigenvalue weighted by Gasteiger charge is -2.33. The first-order chi connectivity index (χ1) is 14.0. The van der Waals surface area contributed by atoms with E-state index in [1.807, 2.05) is 4.90 Å². The average molecular weight is 444 g/mol. The SMILES string of the molecule is CS(=O)(=O)c1cccc(NC2CCN(c3ccc(C(F)(F)F)cn3)CC2)c1[N+](=O)[O-]. The molecule has 3 rings (SSSR count). The van der Waals surface area contributed by atoms with Crippen LogP contribution in [-0.2, 0) is 16.0 Å². The molecule has 1 fully saturated rings. The lowest BCUT2D eigenvalue weighted by molar-refractivity contribution is -0.386. The summed E-state index contributed by atoms with van der Waals surface area (Å²) in [4.78, 5) is 16.1. The van der Waals surface area contributed by atoms with Crippen molar-refractivity contribution in [3.63, 3.8) is 0 Å². The van der Waals surface area contributed by atoms with Crippen LogP contribution in [0.1, 0.15) is 18.4 Å². The molecule has 2 aromatic rings. The highest BCUT2D eigenvalue weighted by Crippen LogP contribution is 2.34. The lowest BCUT2D eigenvalue weighted by Crippen LogP contribution is -2.39. The predicted octanol–water partition coefficient (Wildman–Crippen LogP) is 3.49. The Morgan fingerprint density at radius 3 is 2.37 bits per heavy atom. The Balaban J connectivity index is 1.70. The van der Waals surface area contributed by atoms with Gasteiger partial charge in [0.25, 0.3) is 0 Å². The molecule has 30 heavy (non-hydrogen) atoms. The molecule has 0 atom stereocenters. The maximum Gasteiger partial charge on any atom is 0.417 e. The summed E-state index contributed by atoms with van der Waals surface area (Å²) in [6, 6.07) is 6.22. The standard InChI is InChI=1S/C18H19F3N4O4S/c1-30(28,29)15-4-2-3-14(17(15)25(26)27)23-13-7-9-24(10-8-13)16-6-5-12(11-22-16)18(19,20)21/h2-6,11,13,23H,7-10H2,1H3. The van der Waals surface area contributed by atoms with E-state index in [0.29, 0.717) is 31.7 Å². The van der Waals surface area contributed by atoms with E-state index in [-0.39, 0.29) is 16.6 Å². The van der Waals surface area contributed by atoms with Gasteiger partial charge >= 0.3 is 11.9 Å². The molecule has 0 bridgehead atoms. The summed E-state index contributed by atoms with van der Waals surface area (Å²) >= 11 is 0. The van der Waals surface area contributed by atoms with Crippen LogP contribution >= 0.6 is 0 Å². The zero-order valence-electron chi connectivity index (χ0n) is 15.9. The first kappa shape index (κ1) is 21.8. The molecule has 162 valence electrons. The number of benzene rings is 1. The number of piperidine rings is 1. The molecular formula is C18H19F3N4O4S. The maximum absolute atomic E-state index is 12.7. The van der Waals surface area contributed by atoms with Gasteiger partial charge in [0, 0.05) is 31.6 Å². The molecule has 1 aromatic carbocycles. The molecule has 0 radical (unpaired) electrons. The van der Waals surface area contributed by atoms with Gasteiger partial charge < -0.3 is 10.2 Å². The molecular weight excluding hydrogens is 425 g/mol. The third-order valence-corrected chi connectivity index (χ3v) is 5.96. The number of nitrogens with one attached hydrogen (secondary N) is 1. The molecule has 1 N–H and O–H groups in total. The molecule has 8 nitrogen and oxygen atoms in total. The Morgan fingerprint density at radius 1 is 1.20 bits per heavy atom. The van der Waals surface area contributed by atoms with Crippen LogP contribution in [-0.4, -0.2) is 43.7 Å². The fourth-order valence-electron chi connectivity index (χ4n) is 3.34. The number of para-hydroxylation sites is 1. The molecule has 0 amide bonds. The van der Waals surface area contributed by atoms with E-state index in [1.165, 1.54) is 24.3 Å². The molecule has 1 aliphatic rings. The van der Waals surface area contributed by atoms with Gasteiger partial charge in [-0.3, -0.25) is 10.1 Å². The van der Waals surface area contributed by atoms with Crippen LogP contribution in [0.5, 0.6) is 0 Å². The van der Waals surface area contributed by atoms with Crippen molar-refractivity contribution in [1.29, 1.82) is 0 Å². The highest BCUT2D eigenvalue weighted by Gasteiger charge is 2.31. The smallest absolute Gasteiger partial charge is 0.377 e. The highest BCUT2D eigenvalue weighted by atomic mass is 32.2. The third kappa shape index (κ3) is 4.81. The molecule has 1 saturated heterocycles. The van der Waals surface area contributed by atoms with Gasteiger partial charge in [-0.2, -0.15) is 13.2 Å². The van der Waals surface area contributed by atoms with Crippen molar-refractivity contribution in [1.82, 2.24) is 4.98 Å². The number of aromatic nitrogens is 1. The van der Waals surface area contributed by atoms with Gasteiger partial charge in [-0.15, -0.1) is 0 Å². The van der Waals surface area contributed by atoms with Crippen LogP contribution < -0.4 is 10.2 Å². The topological polar surface area (TPSA) is 105 Å². The predicted molar refractivity (Wildman–Crippen MR) is 104 cm³/mol. The molecule has 1 aromatic heterocycles. The molecule has 0 saturated carbocycles. The maximum atomic E-state index is 12.7. The number of halogens is 3. The highest BCUT2D eigenvalue weighted by molar-refractivity contribution is 7.90. The minimum Gasteiger partial charge on any atom is -0.377 e. The number of anilines is 2. The van der Waals surface area contributed by atoms with E-state index in [9.17, 15) is 31.7 Å². The number of nitro benzene ring substituents is 1. The van der Waals surface area contributed by atoms with Crippen molar-refractivity contribution in [3.8, 4) is 0 Å². The first-order valence-corrected chi connectivity index (χ1v) is 10.9. The summed E-state index contributed by atoms with van der Waals surface area (Å²) in [6.07, 6.45) is -1.65. The summed E-state index contributed by atoms with van der Waals surface area (Å²) in [7, 11) is -3.78.